The van der Waals surface area contributed by atoms with Gasteiger partial charge in [0.25, 0.3) is 0 Å². The van der Waals surface area contributed by atoms with Crippen LogP contribution in [0.5, 0.6) is 0 Å². The molecule has 15 heavy (non-hydrogen) atoms. The number of carbonyl (C=O) groups excluding carboxylic acids is 1. The third kappa shape index (κ3) is 3.92. The number of nitrogens with zero attached hydrogens (tertiary/aromatic N) is 1. The molecule has 1 amide bonds. The number of hydrogen-bond acceptors (Lipinski definition) is 3. The molecule has 0 aliphatic heterocycles. The van der Waals surface area contributed by atoms with Crippen molar-refractivity contribution in [3.05, 3.63) is 29.8 Å². The molecule has 1 N–H and O–H groups in total. The summed E-state index contributed by atoms with van der Waals surface area (Å²) in [4.78, 5) is 11.2. The van der Waals surface area contributed by atoms with Gasteiger partial charge in [0, 0.05) is 22.7 Å². The highest BCUT2D eigenvalue weighted by atomic mass is 32.2. The van der Waals surface area contributed by atoms with Crippen LogP contribution < -0.4 is 5.32 Å². The van der Waals surface area contributed by atoms with E-state index in [1.54, 1.807) is 24.3 Å². The van der Waals surface area contributed by atoms with Crippen molar-refractivity contribution < 1.29 is 9.00 Å². The van der Waals surface area contributed by atoms with Crippen LogP contribution in [0.15, 0.2) is 24.3 Å². The molecule has 1 rings (SSSR count). The molecule has 0 aliphatic carbocycles. The summed E-state index contributed by atoms with van der Waals surface area (Å²) in [6, 6.07) is 8.47. The summed E-state index contributed by atoms with van der Waals surface area (Å²) in [6.45, 7) is 0. The van der Waals surface area contributed by atoms with E-state index in [0.717, 1.165) is 0 Å². The van der Waals surface area contributed by atoms with Crippen molar-refractivity contribution >= 4 is 22.4 Å². The zero-order chi connectivity index (χ0) is 11.3. The minimum atomic E-state index is -1.14. The van der Waals surface area contributed by atoms with E-state index in [1.165, 1.54) is 6.26 Å². The Morgan fingerprint density at radius 3 is 2.53 bits per heavy atom. The largest absolute Gasteiger partial charge is 0.325 e. The topological polar surface area (TPSA) is 70.0 Å². The molecule has 0 heterocycles. The molecule has 5 heteroatoms. The first kappa shape index (κ1) is 11.4. The number of rotatable bonds is 3. The number of benzene rings is 1. The molecule has 78 valence electrons. The van der Waals surface area contributed by atoms with Crippen LogP contribution >= 0.6 is 0 Å². The highest BCUT2D eigenvalue weighted by Gasteiger charge is 2.03. The van der Waals surface area contributed by atoms with E-state index >= 15 is 0 Å². The van der Waals surface area contributed by atoms with E-state index in [4.69, 9.17) is 5.26 Å². The Bertz CT molecular complexity index is 420. The standard InChI is InChI=1S/C10H10N2O2S/c1-15(14)7-10(13)12-9-4-2-8(6-11)3-5-9/h2-5H,7H2,1H3,(H,12,13). The van der Waals surface area contributed by atoms with E-state index in [-0.39, 0.29) is 11.7 Å². The third-order valence-electron chi connectivity index (χ3n) is 1.63. The first-order chi connectivity index (χ1) is 7.11. The second-order valence-corrected chi connectivity index (χ2v) is 4.39. The summed E-state index contributed by atoms with van der Waals surface area (Å²) >= 11 is 0. The Balaban J connectivity index is 2.62. The monoisotopic (exact) mass is 222 g/mol. The molecule has 0 saturated heterocycles. The Hall–Kier alpha value is -1.67. The molecule has 0 spiro atoms. The fraction of sp³-hybridized carbons (Fsp3) is 0.200. The van der Waals surface area contributed by atoms with Crippen LogP contribution in [-0.2, 0) is 15.6 Å². The summed E-state index contributed by atoms with van der Waals surface area (Å²) < 4.78 is 10.8. The van der Waals surface area contributed by atoms with Gasteiger partial charge in [0.2, 0.25) is 5.91 Å². The van der Waals surface area contributed by atoms with Gasteiger partial charge in [0.1, 0.15) is 5.75 Å². The van der Waals surface area contributed by atoms with Gasteiger partial charge < -0.3 is 5.32 Å². The lowest BCUT2D eigenvalue weighted by atomic mass is 10.2. The fourth-order valence-electron chi connectivity index (χ4n) is 1.01. The fourth-order valence-corrected chi connectivity index (χ4v) is 1.45. The van der Waals surface area contributed by atoms with Crippen LogP contribution in [0.2, 0.25) is 0 Å². The summed E-state index contributed by atoms with van der Waals surface area (Å²) in [6.07, 6.45) is 1.47. The first-order valence-corrected chi connectivity index (χ1v) is 5.94. The molecule has 0 aliphatic rings. The maximum absolute atomic E-state index is 11.2. The number of amides is 1. The van der Waals surface area contributed by atoms with Gasteiger partial charge in [-0.15, -0.1) is 0 Å². The van der Waals surface area contributed by atoms with Gasteiger partial charge in [0.15, 0.2) is 0 Å². The van der Waals surface area contributed by atoms with Gasteiger partial charge in [0.05, 0.1) is 11.6 Å². The molecule has 0 fully saturated rings. The molecular weight excluding hydrogens is 212 g/mol. The van der Waals surface area contributed by atoms with Gasteiger partial charge in [-0.05, 0) is 24.3 Å². The van der Waals surface area contributed by atoms with E-state index in [2.05, 4.69) is 5.32 Å². The smallest absolute Gasteiger partial charge is 0.236 e. The molecule has 4 nitrogen and oxygen atoms in total. The van der Waals surface area contributed by atoms with Gasteiger partial charge in [-0.3, -0.25) is 9.00 Å². The van der Waals surface area contributed by atoms with Crippen molar-refractivity contribution in [3.63, 3.8) is 0 Å². The molecule has 1 atom stereocenters. The average Bonchev–Trinajstić information content (AvgIpc) is 2.17. The SMILES string of the molecule is CS(=O)CC(=O)Nc1ccc(C#N)cc1. The van der Waals surface area contributed by atoms with Crippen LogP contribution in [-0.4, -0.2) is 22.1 Å². The molecule has 1 aromatic carbocycles. The van der Waals surface area contributed by atoms with Crippen LogP contribution in [0, 0.1) is 11.3 Å². The van der Waals surface area contributed by atoms with Crippen molar-refractivity contribution in [2.45, 2.75) is 0 Å². The molecule has 0 aromatic heterocycles. The van der Waals surface area contributed by atoms with Gasteiger partial charge in [-0.25, -0.2) is 0 Å². The van der Waals surface area contributed by atoms with Crippen LogP contribution in [0.3, 0.4) is 0 Å². The predicted molar refractivity (Wildman–Crippen MR) is 58.7 cm³/mol. The Morgan fingerprint density at radius 2 is 2.07 bits per heavy atom. The van der Waals surface area contributed by atoms with Crippen molar-refractivity contribution in [2.75, 3.05) is 17.3 Å². The minimum absolute atomic E-state index is 0.0139. The third-order valence-corrected chi connectivity index (χ3v) is 2.30. The number of anilines is 1. The summed E-state index contributed by atoms with van der Waals surface area (Å²) in [5.74, 6) is -0.305. The Morgan fingerprint density at radius 1 is 1.47 bits per heavy atom. The van der Waals surface area contributed by atoms with Gasteiger partial charge >= 0.3 is 0 Å². The summed E-state index contributed by atoms with van der Waals surface area (Å²) in [5, 5.41) is 11.1. The van der Waals surface area contributed by atoms with Crippen molar-refractivity contribution in [2.24, 2.45) is 0 Å². The van der Waals surface area contributed by atoms with Crippen LogP contribution in [0.1, 0.15) is 5.56 Å². The highest BCUT2D eigenvalue weighted by Crippen LogP contribution is 2.08. The van der Waals surface area contributed by atoms with Crippen molar-refractivity contribution in [3.8, 4) is 6.07 Å². The number of nitrogens with one attached hydrogen (secondary N) is 1. The number of hydrogen-bond donors (Lipinski definition) is 1. The van der Waals surface area contributed by atoms with Crippen molar-refractivity contribution in [1.29, 1.82) is 5.26 Å². The zero-order valence-corrected chi connectivity index (χ0v) is 9.00. The predicted octanol–water partition coefficient (Wildman–Crippen LogP) is 0.875. The second-order valence-electron chi connectivity index (χ2n) is 2.95. The minimum Gasteiger partial charge on any atom is -0.325 e. The summed E-state index contributed by atoms with van der Waals surface area (Å²) in [7, 11) is -1.14. The summed E-state index contributed by atoms with van der Waals surface area (Å²) in [5.41, 5.74) is 1.14. The van der Waals surface area contributed by atoms with Crippen LogP contribution in [0.25, 0.3) is 0 Å². The Labute approximate surface area is 90.4 Å². The van der Waals surface area contributed by atoms with E-state index in [9.17, 15) is 9.00 Å². The lowest BCUT2D eigenvalue weighted by molar-refractivity contribution is -0.113. The maximum atomic E-state index is 11.2. The highest BCUT2D eigenvalue weighted by molar-refractivity contribution is 7.85. The first-order valence-electron chi connectivity index (χ1n) is 4.22. The van der Waals surface area contributed by atoms with Crippen molar-refractivity contribution in [1.82, 2.24) is 0 Å². The van der Waals surface area contributed by atoms with Gasteiger partial charge in [-0.2, -0.15) is 5.26 Å². The molecule has 0 saturated carbocycles. The molecule has 0 bridgehead atoms. The molecule has 1 unspecified atom stereocenters. The lowest BCUT2D eigenvalue weighted by Crippen LogP contribution is -2.18. The van der Waals surface area contributed by atoms with E-state index in [0.29, 0.717) is 11.3 Å². The van der Waals surface area contributed by atoms with E-state index < -0.39 is 10.8 Å². The maximum Gasteiger partial charge on any atom is 0.236 e. The quantitative estimate of drug-likeness (QED) is 0.825. The molecule has 1 aromatic rings. The normalized spacial score (nSPS) is 11.5. The number of carbonyl (C=O) groups is 1. The molecule has 0 radical (unpaired) electrons. The van der Waals surface area contributed by atoms with Crippen LogP contribution in [0.4, 0.5) is 5.69 Å². The second kappa shape index (κ2) is 5.27. The van der Waals surface area contributed by atoms with Gasteiger partial charge in [-0.1, -0.05) is 0 Å². The average molecular weight is 222 g/mol. The molecular formula is C10H10N2O2S. The zero-order valence-electron chi connectivity index (χ0n) is 8.19. The lowest BCUT2D eigenvalue weighted by Gasteiger charge is -2.03. The van der Waals surface area contributed by atoms with E-state index in [1.807, 2.05) is 6.07 Å². The Kier molecular flexibility index (Phi) is 4.01. The number of nitriles is 1.